The molecular formula is C17H32N2. The minimum absolute atomic E-state index is 0.458. The third-order valence-corrected chi connectivity index (χ3v) is 5.21. The van der Waals surface area contributed by atoms with Crippen LogP contribution in [-0.4, -0.2) is 36.1 Å². The molecule has 2 aliphatic rings. The maximum atomic E-state index is 3.91. The molecule has 0 aromatic rings. The maximum absolute atomic E-state index is 3.91. The van der Waals surface area contributed by atoms with Gasteiger partial charge in [-0.1, -0.05) is 32.3 Å². The van der Waals surface area contributed by atoms with Crippen LogP contribution in [0.2, 0.25) is 0 Å². The van der Waals surface area contributed by atoms with E-state index in [0.29, 0.717) is 11.6 Å². The number of allylic oxidation sites excluding steroid dienone is 1. The fraction of sp³-hybridized carbons (Fsp3) is 0.882. The first-order chi connectivity index (χ1) is 9.33. The lowest BCUT2D eigenvalue weighted by Crippen LogP contribution is -2.61. The molecule has 2 fully saturated rings. The average Bonchev–Trinajstić information content (AvgIpc) is 2.95. The van der Waals surface area contributed by atoms with Crippen molar-refractivity contribution in [2.45, 2.75) is 76.3 Å². The van der Waals surface area contributed by atoms with Gasteiger partial charge < -0.3 is 5.32 Å². The lowest BCUT2D eigenvalue weighted by Gasteiger charge is -2.49. The van der Waals surface area contributed by atoms with Crippen molar-refractivity contribution in [2.75, 3.05) is 19.6 Å². The molecule has 1 saturated carbocycles. The second kappa shape index (κ2) is 7.44. The Balaban J connectivity index is 2.11. The number of hydrogen-bond donors (Lipinski definition) is 1. The molecule has 1 aliphatic heterocycles. The maximum Gasteiger partial charge on any atom is 0.0362 e. The van der Waals surface area contributed by atoms with Crippen LogP contribution >= 0.6 is 0 Å². The summed E-state index contributed by atoms with van der Waals surface area (Å²) in [4.78, 5) is 2.85. The van der Waals surface area contributed by atoms with Gasteiger partial charge in [-0.3, -0.25) is 4.90 Å². The second-order valence-corrected chi connectivity index (χ2v) is 6.33. The Kier molecular flexibility index (Phi) is 5.90. The van der Waals surface area contributed by atoms with Crippen LogP contribution in [0.25, 0.3) is 0 Å². The molecule has 110 valence electrons. The Bertz CT molecular complexity index is 262. The molecule has 0 aromatic heterocycles. The van der Waals surface area contributed by atoms with E-state index in [1.54, 1.807) is 0 Å². The lowest BCUT2D eigenvalue weighted by atomic mass is 9.82. The Labute approximate surface area is 119 Å². The molecule has 0 radical (unpaired) electrons. The summed E-state index contributed by atoms with van der Waals surface area (Å²) in [6.45, 7) is 9.92. The Morgan fingerprint density at radius 2 is 1.84 bits per heavy atom. The SMILES string of the molecule is C=CCCC(NCC)C1(N2CCCCC2)CCCC1. The van der Waals surface area contributed by atoms with Crippen molar-refractivity contribution in [1.29, 1.82) is 0 Å². The molecule has 1 aliphatic carbocycles. The van der Waals surface area contributed by atoms with Gasteiger partial charge in [0.05, 0.1) is 0 Å². The minimum Gasteiger partial charge on any atom is -0.312 e. The molecule has 0 amide bonds. The van der Waals surface area contributed by atoms with Gasteiger partial charge >= 0.3 is 0 Å². The highest BCUT2D eigenvalue weighted by Gasteiger charge is 2.45. The van der Waals surface area contributed by atoms with E-state index >= 15 is 0 Å². The zero-order chi connectivity index (χ0) is 13.6. The Morgan fingerprint density at radius 1 is 1.16 bits per heavy atom. The van der Waals surface area contributed by atoms with Crippen LogP contribution in [0.15, 0.2) is 12.7 Å². The lowest BCUT2D eigenvalue weighted by molar-refractivity contribution is 0.0347. The normalized spacial score (nSPS) is 25.3. The zero-order valence-electron chi connectivity index (χ0n) is 12.8. The van der Waals surface area contributed by atoms with Gasteiger partial charge in [-0.15, -0.1) is 6.58 Å². The van der Waals surface area contributed by atoms with Crippen molar-refractivity contribution < 1.29 is 0 Å². The van der Waals surface area contributed by atoms with Gasteiger partial charge in [-0.05, 0) is 58.2 Å². The van der Waals surface area contributed by atoms with Gasteiger partial charge in [0.1, 0.15) is 0 Å². The van der Waals surface area contributed by atoms with Crippen molar-refractivity contribution in [3.8, 4) is 0 Å². The van der Waals surface area contributed by atoms with Crippen LogP contribution in [0, 0.1) is 0 Å². The van der Waals surface area contributed by atoms with E-state index < -0.39 is 0 Å². The van der Waals surface area contributed by atoms with E-state index in [-0.39, 0.29) is 0 Å². The molecule has 1 N–H and O–H groups in total. The highest BCUT2D eigenvalue weighted by atomic mass is 15.2. The molecule has 2 nitrogen and oxygen atoms in total. The summed E-state index contributed by atoms with van der Waals surface area (Å²) in [5.74, 6) is 0. The summed E-state index contributed by atoms with van der Waals surface area (Å²) in [5.41, 5.74) is 0.458. The summed E-state index contributed by atoms with van der Waals surface area (Å²) in [6.07, 6.45) is 14.4. The number of nitrogens with zero attached hydrogens (tertiary/aromatic N) is 1. The molecule has 1 unspecified atom stereocenters. The van der Waals surface area contributed by atoms with Gasteiger partial charge in [0.25, 0.3) is 0 Å². The van der Waals surface area contributed by atoms with E-state index in [9.17, 15) is 0 Å². The number of nitrogens with one attached hydrogen (secondary N) is 1. The summed E-state index contributed by atoms with van der Waals surface area (Å²) in [5, 5.41) is 3.81. The zero-order valence-corrected chi connectivity index (χ0v) is 12.8. The molecule has 0 aromatic carbocycles. The highest BCUT2D eigenvalue weighted by Crippen LogP contribution is 2.41. The van der Waals surface area contributed by atoms with Crippen LogP contribution < -0.4 is 5.32 Å². The van der Waals surface area contributed by atoms with Gasteiger partial charge in [0, 0.05) is 11.6 Å². The van der Waals surface area contributed by atoms with E-state index in [1.807, 2.05) is 0 Å². The standard InChI is InChI=1S/C17H32N2/c1-3-5-11-16(18-4-2)17(12-7-8-13-17)19-14-9-6-10-15-19/h3,16,18H,1,4-15H2,2H3. The van der Waals surface area contributed by atoms with Crippen molar-refractivity contribution in [2.24, 2.45) is 0 Å². The summed E-state index contributed by atoms with van der Waals surface area (Å²) < 4.78 is 0. The molecular weight excluding hydrogens is 232 g/mol. The van der Waals surface area contributed by atoms with Gasteiger partial charge in [0.2, 0.25) is 0 Å². The van der Waals surface area contributed by atoms with Crippen LogP contribution in [0.1, 0.15) is 64.7 Å². The van der Waals surface area contributed by atoms with Gasteiger partial charge in [0.15, 0.2) is 0 Å². The highest BCUT2D eigenvalue weighted by molar-refractivity contribution is 5.04. The van der Waals surface area contributed by atoms with E-state index in [0.717, 1.165) is 13.0 Å². The van der Waals surface area contributed by atoms with Crippen molar-refractivity contribution in [3.05, 3.63) is 12.7 Å². The Hall–Kier alpha value is -0.340. The van der Waals surface area contributed by atoms with Gasteiger partial charge in [-0.2, -0.15) is 0 Å². The number of likely N-dealkylation sites (N-methyl/N-ethyl adjacent to an activating group) is 1. The molecule has 2 heteroatoms. The monoisotopic (exact) mass is 264 g/mol. The third kappa shape index (κ3) is 3.41. The Morgan fingerprint density at radius 3 is 2.42 bits per heavy atom. The molecule has 0 bridgehead atoms. The van der Waals surface area contributed by atoms with Crippen molar-refractivity contribution in [3.63, 3.8) is 0 Å². The van der Waals surface area contributed by atoms with Crippen LogP contribution in [-0.2, 0) is 0 Å². The van der Waals surface area contributed by atoms with Crippen LogP contribution in [0.4, 0.5) is 0 Å². The van der Waals surface area contributed by atoms with E-state index in [4.69, 9.17) is 0 Å². The van der Waals surface area contributed by atoms with Crippen molar-refractivity contribution in [1.82, 2.24) is 10.2 Å². The van der Waals surface area contributed by atoms with E-state index in [2.05, 4.69) is 29.8 Å². The molecule has 1 heterocycles. The van der Waals surface area contributed by atoms with E-state index in [1.165, 1.54) is 64.5 Å². The van der Waals surface area contributed by atoms with Crippen LogP contribution in [0.3, 0.4) is 0 Å². The average molecular weight is 264 g/mol. The summed E-state index contributed by atoms with van der Waals surface area (Å²) >= 11 is 0. The second-order valence-electron chi connectivity index (χ2n) is 6.33. The number of likely N-dealkylation sites (tertiary alicyclic amines) is 1. The third-order valence-electron chi connectivity index (χ3n) is 5.21. The van der Waals surface area contributed by atoms with Gasteiger partial charge in [-0.25, -0.2) is 0 Å². The predicted octanol–water partition coefficient (Wildman–Crippen LogP) is 3.73. The molecule has 1 atom stereocenters. The van der Waals surface area contributed by atoms with Crippen LogP contribution in [0.5, 0.6) is 0 Å². The molecule has 1 saturated heterocycles. The quantitative estimate of drug-likeness (QED) is 0.705. The number of piperidine rings is 1. The smallest absolute Gasteiger partial charge is 0.0362 e. The van der Waals surface area contributed by atoms with Crippen molar-refractivity contribution >= 4 is 0 Å². The fourth-order valence-corrected chi connectivity index (χ4v) is 4.30. The predicted molar refractivity (Wildman–Crippen MR) is 83.5 cm³/mol. The fourth-order valence-electron chi connectivity index (χ4n) is 4.30. The first-order valence-electron chi connectivity index (χ1n) is 8.43. The first kappa shape index (κ1) is 15.1. The molecule has 19 heavy (non-hydrogen) atoms. The summed E-state index contributed by atoms with van der Waals surface area (Å²) in [6, 6.07) is 0.663. The first-order valence-corrected chi connectivity index (χ1v) is 8.43. The number of rotatable bonds is 7. The minimum atomic E-state index is 0.458. The topological polar surface area (TPSA) is 15.3 Å². The molecule has 0 spiro atoms. The number of hydrogen-bond acceptors (Lipinski definition) is 2. The largest absolute Gasteiger partial charge is 0.312 e. The summed E-state index contributed by atoms with van der Waals surface area (Å²) in [7, 11) is 0. The molecule has 2 rings (SSSR count).